The maximum Gasteiger partial charge on any atom is 0.220 e. The van der Waals surface area contributed by atoms with E-state index in [-0.39, 0.29) is 5.91 Å². The van der Waals surface area contributed by atoms with E-state index in [4.69, 9.17) is 0 Å². The number of amides is 1. The average Bonchev–Trinajstić information content (AvgIpc) is 2.27. The Morgan fingerprint density at radius 1 is 1.47 bits per heavy atom. The van der Waals surface area contributed by atoms with Crippen LogP contribution in [0.3, 0.4) is 0 Å². The molecule has 0 heterocycles. The van der Waals surface area contributed by atoms with Crippen LogP contribution in [0.2, 0.25) is 0 Å². The van der Waals surface area contributed by atoms with Gasteiger partial charge in [-0.1, -0.05) is 28.1 Å². The Bertz CT molecular complexity index is 409. The lowest BCUT2D eigenvalue weighted by Crippen LogP contribution is -2.24. The van der Waals surface area contributed by atoms with Crippen molar-refractivity contribution in [2.45, 2.75) is 19.1 Å². The summed E-state index contributed by atoms with van der Waals surface area (Å²) in [5, 5.41) is 2.69. The van der Waals surface area contributed by atoms with Crippen molar-refractivity contribution in [3.63, 3.8) is 0 Å². The van der Waals surface area contributed by atoms with Crippen LogP contribution in [0.1, 0.15) is 18.9 Å². The Morgan fingerprint density at radius 3 is 2.88 bits per heavy atom. The van der Waals surface area contributed by atoms with Gasteiger partial charge in [0.2, 0.25) is 5.91 Å². The molecule has 0 saturated heterocycles. The largest absolute Gasteiger partial charge is 0.356 e. The molecule has 0 aromatic heterocycles. The lowest BCUT2D eigenvalue weighted by atomic mass is 10.2. The Hall–Kier alpha value is -0.680. The fourth-order valence-corrected chi connectivity index (χ4v) is 2.93. The van der Waals surface area contributed by atoms with Crippen LogP contribution in [0, 0.1) is 0 Å². The number of carbonyl (C=O) groups excluding carboxylic acids is 1. The zero-order valence-electron chi connectivity index (χ0n) is 9.74. The van der Waals surface area contributed by atoms with Gasteiger partial charge in [-0.25, -0.2) is 0 Å². The van der Waals surface area contributed by atoms with E-state index in [1.807, 2.05) is 31.2 Å². The van der Waals surface area contributed by atoms with Crippen molar-refractivity contribution in [1.29, 1.82) is 0 Å². The second kappa shape index (κ2) is 7.61. The number of benzene rings is 1. The molecule has 0 aliphatic rings. The van der Waals surface area contributed by atoms with Crippen LogP contribution < -0.4 is 5.32 Å². The first-order valence-corrected chi connectivity index (χ1v) is 7.76. The molecule has 3 nitrogen and oxygen atoms in total. The van der Waals surface area contributed by atoms with E-state index < -0.39 is 10.8 Å². The monoisotopic (exact) mass is 317 g/mol. The van der Waals surface area contributed by atoms with Crippen molar-refractivity contribution in [2.75, 3.05) is 12.3 Å². The average molecular weight is 318 g/mol. The van der Waals surface area contributed by atoms with Gasteiger partial charge in [0.1, 0.15) is 0 Å². The molecule has 1 amide bonds. The molecule has 0 aliphatic carbocycles. The molecule has 0 unspecified atom stereocenters. The molecule has 1 atom stereocenters. The number of carbonyl (C=O) groups is 1. The number of halogens is 1. The third-order valence-electron chi connectivity index (χ3n) is 2.15. The van der Waals surface area contributed by atoms with E-state index >= 15 is 0 Å². The Labute approximate surface area is 113 Å². The molecule has 94 valence electrons. The van der Waals surface area contributed by atoms with E-state index in [9.17, 15) is 9.00 Å². The topological polar surface area (TPSA) is 46.2 Å². The van der Waals surface area contributed by atoms with Gasteiger partial charge in [0.15, 0.2) is 0 Å². The van der Waals surface area contributed by atoms with Crippen LogP contribution >= 0.6 is 15.9 Å². The molecule has 0 saturated carbocycles. The van der Waals surface area contributed by atoms with E-state index in [1.54, 1.807) is 0 Å². The summed E-state index contributed by atoms with van der Waals surface area (Å²) >= 11 is 3.37. The van der Waals surface area contributed by atoms with Crippen molar-refractivity contribution in [3.8, 4) is 0 Å². The smallest absolute Gasteiger partial charge is 0.220 e. The van der Waals surface area contributed by atoms with Gasteiger partial charge < -0.3 is 5.32 Å². The standard InChI is InChI=1S/C12H16BrNO2S/c1-2-14-12(15)6-7-17(16)9-10-4-3-5-11(13)8-10/h3-5,8H,2,6-7,9H2,1H3,(H,14,15)/t17-/m0/s1. The van der Waals surface area contributed by atoms with Crippen LogP contribution in [0.15, 0.2) is 28.7 Å². The summed E-state index contributed by atoms with van der Waals surface area (Å²) in [6.07, 6.45) is 0.328. The quantitative estimate of drug-likeness (QED) is 0.874. The van der Waals surface area contributed by atoms with Crippen LogP contribution in [-0.4, -0.2) is 22.4 Å². The van der Waals surface area contributed by atoms with E-state index in [1.165, 1.54) is 0 Å². The first-order valence-electron chi connectivity index (χ1n) is 5.48. The predicted molar refractivity (Wildman–Crippen MR) is 74.2 cm³/mol. The fraction of sp³-hybridized carbons (Fsp3) is 0.417. The summed E-state index contributed by atoms with van der Waals surface area (Å²) in [4.78, 5) is 11.2. The molecule has 0 radical (unpaired) electrons. The molecule has 1 N–H and O–H groups in total. The second-order valence-electron chi connectivity index (χ2n) is 3.62. The van der Waals surface area contributed by atoms with E-state index in [0.29, 0.717) is 24.5 Å². The highest BCUT2D eigenvalue weighted by molar-refractivity contribution is 9.10. The molecule has 0 fully saturated rings. The summed E-state index contributed by atoms with van der Waals surface area (Å²) in [6.45, 7) is 2.49. The summed E-state index contributed by atoms with van der Waals surface area (Å²) in [7, 11) is -0.985. The highest BCUT2D eigenvalue weighted by Crippen LogP contribution is 2.13. The van der Waals surface area contributed by atoms with Crippen LogP contribution in [0.25, 0.3) is 0 Å². The first-order chi connectivity index (χ1) is 8.11. The number of hydrogen-bond acceptors (Lipinski definition) is 2. The van der Waals surface area contributed by atoms with E-state index in [2.05, 4.69) is 21.2 Å². The Balaban J connectivity index is 2.37. The van der Waals surface area contributed by atoms with Gasteiger partial charge in [-0.15, -0.1) is 0 Å². The predicted octanol–water partition coefficient (Wildman–Crippen LogP) is 2.22. The Kier molecular flexibility index (Phi) is 6.44. The summed E-state index contributed by atoms with van der Waals surface area (Å²) < 4.78 is 12.7. The minimum atomic E-state index is -0.985. The van der Waals surface area contributed by atoms with Crippen molar-refractivity contribution in [2.24, 2.45) is 0 Å². The molecular formula is C12H16BrNO2S. The van der Waals surface area contributed by atoms with Gasteiger partial charge in [0, 0.05) is 39.7 Å². The zero-order chi connectivity index (χ0) is 12.7. The highest BCUT2D eigenvalue weighted by Gasteiger charge is 2.06. The van der Waals surface area contributed by atoms with Gasteiger partial charge in [-0.05, 0) is 24.6 Å². The molecule has 0 bridgehead atoms. The van der Waals surface area contributed by atoms with Gasteiger partial charge >= 0.3 is 0 Å². The fourth-order valence-electron chi connectivity index (χ4n) is 1.38. The van der Waals surface area contributed by atoms with Crippen molar-refractivity contribution >= 4 is 32.6 Å². The number of nitrogens with one attached hydrogen (secondary N) is 1. The highest BCUT2D eigenvalue weighted by atomic mass is 79.9. The first kappa shape index (κ1) is 14.4. The third kappa shape index (κ3) is 5.98. The van der Waals surface area contributed by atoms with Gasteiger partial charge in [0.25, 0.3) is 0 Å². The molecule has 1 rings (SSSR count). The van der Waals surface area contributed by atoms with Crippen molar-refractivity contribution < 1.29 is 9.00 Å². The Morgan fingerprint density at radius 2 is 2.24 bits per heavy atom. The van der Waals surface area contributed by atoms with Crippen molar-refractivity contribution in [1.82, 2.24) is 5.32 Å². The number of rotatable bonds is 6. The summed E-state index contributed by atoms with van der Waals surface area (Å²) in [5.74, 6) is 0.882. The zero-order valence-corrected chi connectivity index (χ0v) is 12.1. The minimum absolute atomic E-state index is 0.0323. The van der Waals surface area contributed by atoms with E-state index in [0.717, 1.165) is 10.0 Å². The van der Waals surface area contributed by atoms with Gasteiger partial charge in [-0.3, -0.25) is 9.00 Å². The third-order valence-corrected chi connectivity index (χ3v) is 3.96. The maximum absolute atomic E-state index is 11.7. The lowest BCUT2D eigenvalue weighted by Gasteiger charge is -2.04. The minimum Gasteiger partial charge on any atom is -0.356 e. The van der Waals surface area contributed by atoms with Gasteiger partial charge in [0.05, 0.1) is 0 Å². The summed E-state index contributed by atoms with van der Waals surface area (Å²) in [6, 6.07) is 7.74. The van der Waals surface area contributed by atoms with Crippen LogP contribution in [-0.2, 0) is 21.3 Å². The van der Waals surface area contributed by atoms with Crippen LogP contribution in [0.5, 0.6) is 0 Å². The molecule has 1 aromatic rings. The normalized spacial score (nSPS) is 12.1. The van der Waals surface area contributed by atoms with Gasteiger partial charge in [-0.2, -0.15) is 0 Å². The second-order valence-corrected chi connectivity index (χ2v) is 6.11. The molecular weight excluding hydrogens is 302 g/mol. The maximum atomic E-state index is 11.7. The van der Waals surface area contributed by atoms with Crippen molar-refractivity contribution in [3.05, 3.63) is 34.3 Å². The molecule has 17 heavy (non-hydrogen) atoms. The molecule has 0 spiro atoms. The number of hydrogen-bond donors (Lipinski definition) is 1. The molecule has 0 aliphatic heterocycles. The summed E-state index contributed by atoms with van der Waals surface area (Å²) in [5.41, 5.74) is 1.02. The lowest BCUT2D eigenvalue weighted by molar-refractivity contribution is -0.120. The molecule has 5 heteroatoms. The van der Waals surface area contributed by atoms with Crippen LogP contribution in [0.4, 0.5) is 0 Å². The SMILES string of the molecule is CCNC(=O)CC[S@](=O)Cc1cccc(Br)c1. The molecule has 1 aromatic carbocycles.